The van der Waals surface area contributed by atoms with Crippen LogP contribution in [-0.2, 0) is 25.7 Å². The summed E-state index contributed by atoms with van der Waals surface area (Å²) in [5, 5.41) is 28.4. The van der Waals surface area contributed by atoms with Crippen molar-refractivity contribution in [2.24, 2.45) is 5.92 Å². The first-order valence-electron chi connectivity index (χ1n) is 11.5. The molecular weight excluding hydrogens is 484 g/mol. The van der Waals surface area contributed by atoms with Gasteiger partial charge in [0, 0.05) is 29.3 Å². The Morgan fingerprint density at radius 1 is 1.11 bits per heavy atom. The van der Waals surface area contributed by atoms with Crippen LogP contribution in [0.5, 0.6) is 0 Å². The third-order valence-corrected chi connectivity index (χ3v) is 6.87. The number of thioether (sulfide) groups is 1. The van der Waals surface area contributed by atoms with Gasteiger partial charge in [-0.05, 0) is 23.3 Å². The number of carbonyl (C=O) groups is 2. The monoisotopic (exact) mass is 512 g/mol. The van der Waals surface area contributed by atoms with Crippen LogP contribution in [0.3, 0.4) is 0 Å². The molecular formula is C25H28N4O6S. The smallest absolute Gasteiger partial charge is 0.303 e. The van der Waals surface area contributed by atoms with Gasteiger partial charge in [0.25, 0.3) is 0 Å². The molecule has 2 aromatic carbocycles. The molecule has 4 unspecified atom stereocenters. The number of hydrogen-bond acceptors (Lipinski definition) is 8. The number of hydrogen-bond donors (Lipinski definition) is 4. The van der Waals surface area contributed by atoms with Crippen molar-refractivity contribution in [3.05, 3.63) is 71.5 Å². The number of H-pyrrole nitrogens is 1. The Bertz CT molecular complexity index is 1160. The number of benzene rings is 2. The number of aromatic amines is 1. The number of anilines is 1. The Hall–Kier alpha value is -3.25. The van der Waals surface area contributed by atoms with E-state index in [-0.39, 0.29) is 43.5 Å². The van der Waals surface area contributed by atoms with Crippen molar-refractivity contribution >= 4 is 29.3 Å². The molecule has 0 bridgehead atoms. The number of carbonyl (C=O) groups excluding carboxylic acids is 1. The lowest BCUT2D eigenvalue weighted by molar-refractivity contribution is -0.268. The molecule has 1 aliphatic heterocycles. The zero-order chi connectivity index (χ0) is 25.5. The van der Waals surface area contributed by atoms with Crippen molar-refractivity contribution in [3.63, 3.8) is 0 Å². The maximum absolute atomic E-state index is 12.1. The molecule has 0 saturated carbocycles. The van der Waals surface area contributed by atoms with Gasteiger partial charge in [0.1, 0.15) is 6.33 Å². The number of ether oxygens (including phenoxy) is 2. The highest BCUT2D eigenvalue weighted by Crippen LogP contribution is 2.43. The predicted octanol–water partition coefficient (Wildman–Crippen LogP) is 3.68. The number of aliphatic hydroxyl groups excluding tert-OH is 1. The quantitative estimate of drug-likeness (QED) is 0.299. The lowest BCUT2D eigenvalue weighted by Gasteiger charge is -2.41. The van der Waals surface area contributed by atoms with Gasteiger partial charge in [0.15, 0.2) is 11.4 Å². The van der Waals surface area contributed by atoms with Gasteiger partial charge in [0.2, 0.25) is 5.91 Å². The van der Waals surface area contributed by atoms with Crippen LogP contribution < -0.4 is 5.32 Å². The standard InChI is InChI=1S/C25H28N4O6S/c1-15-20(13-36-25-26-14-27-29-25)34-24(35-23(15)17-7-5-16(12-30)6-8-17)18-3-2-4-19(11-18)28-21(31)9-10-22(32)33/h2-8,11,14-15,20,23-24,30H,9-10,12-13H2,1H3,(H,28,31)(H,32,33)(H,26,27,29). The number of nitrogens with zero attached hydrogens (tertiary/aromatic N) is 2. The SMILES string of the molecule is CC1C(CSc2ncn[nH]2)OC(c2cccc(NC(=O)CCC(=O)O)c2)OC1c1ccc(CO)cc1. The topological polar surface area (TPSA) is 147 Å². The summed E-state index contributed by atoms with van der Waals surface area (Å²) in [5.74, 6) is -0.774. The van der Waals surface area contributed by atoms with Crippen molar-refractivity contribution in [3.8, 4) is 0 Å². The molecule has 1 aliphatic rings. The minimum atomic E-state index is -1.02. The van der Waals surface area contributed by atoms with E-state index in [4.69, 9.17) is 14.6 Å². The van der Waals surface area contributed by atoms with E-state index >= 15 is 0 Å². The van der Waals surface area contributed by atoms with Gasteiger partial charge >= 0.3 is 5.97 Å². The van der Waals surface area contributed by atoms with Crippen molar-refractivity contribution in [2.45, 2.75) is 50.0 Å². The summed E-state index contributed by atoms with van der Waals surface area (Å²) in [4.78, 5) is 27.0. The molecule has 0 aliphatic carbocycles. The summed E-state index contributed by atoms with van der Waals surface area (Å²) >= 11 is 1.51. The van der Waals surface area contributed by atoms with Crippen molar-refractivity contribution in [1.82, 2.24) is 15.2 Å². The first-order valence-corrected chi connectivity index (χ1v) is 12.5. The molecule has 2 heterocycles. The maximum Gasteiger partial charge on any atom is 0.303 e. The molecule has 4 N–H and O–H groups in total. The Balaban J connectivity index is 1.54. The molecule has 0 spiro atoms. The number of aliphatic hydroxyl groups is 1. The van der Waals surface area contributed by atoms with E-state index in [2.05, 4.69) is 27.4 Å². The Kier molecular flexibility index (Phi) is 8.70. The molecule has 11 heteroatoms. The fraction of sp³-hybridized carbons (Fsp3) is 0.360. The molecule has 4 atom stereocenters. The zero-order valence-corrected chi connectivity index (χ0v) is 20.5. The number of rotatable bonds is 10. The molecule has 1 saturated heterocycles. The third kappa shape index (κ3) is 6.70. The van der Waals surface area contributed by atoms with Crippen LogP contribution in [0.4, 0.5) is 5.69 Å². The van der Waals surface area contributed by atoms with Gasteiger partial charge in [-0.15, -0.1) is 0 Å². The highest BCUT2D eigenvalue weighted by molar-refractivity contribution is 7.99. The van der Waals surface area contributed by atoms with Gasteiger partial charge < -0.3 is 25.0 Å². The number of aromatic nitrogens is 3. The molecule has 1 amide bonds. The predicted molar refractivity (Wildman–Crippen MR) is 132 cm³/mol. The van der Waals surface area contributed by atoms with Crippen LogP contribution in [0.15, 0.2) is 60.0 Å². The fourth-order valence-corrected chi connectivity index (χ4v) is 4.88. The summed E-state index contributed by atoms with van der Waals surface area (Å²) < 4.78 is 12.8. The number of carboxylic acid groups (broad SMARTS) is 1. The maximum atomic E-state index is 12.1. The summed E-state index contributed by atoms with van der Waals surface area (Å²) in [6.45, 7) is 2.04. The average molecular weight is 513 g/mol. The van der Waals surface area contributed by atoms with Gasteiger partial charge in [-0.25, -0.2) is 4.98 Å². The van der Waals surface area contributed by atoms with E-state index in [9.17, 15) is 14.7 Å². The van der Waals surface area contributed by atoms with Gasteiger partial charge in [-0.2, -0.15) is 5.10 Å². The number of nitrogens with one attached hydrogen (secondary N) is 2. The number of aliphatic carboxylic acids is 1. The molecule has 1 aromatic heterocycles. The van der Waals surface area contributed by atoms with Crippen LogP contribution in [0.1, 0.15) is 48.8 Å². The molecule has 4 rings (SSSR count). The minimum Gasteiger partial charge on any atom is -0.481 e. The normalized spacial score (nSPS) is 21.7. The summed E-state index contributed by atoms with van der Waals surface area (Å²) in [6, 6.07) is 14.8. The first kappa shape index (κ1) is 25.8. The number of amides is 1. The van der Waals surface area contributed by atoms with Crippen molar-refractivity contribution < 1.29 is 29.3 Å². The van der Waals surface area contributed by atoms with E-state index in [1.165, 1.54) is 18.1 Å². The summed E-state index contributed by atoms with van der Waals surface area (Å²) in [6.07, 6.45) is -0.0399. The summed E-state index contributed by atoms with van der Waals surface area (Å²) in [7, 11) is 0. The van der Waals surface area contributed by atoms with Crippen molar-refractivity contribution in [1.29, 1.82) is 0 Å². The Labute approximate surface area is 212 Å². The van der Waals surface area contributed by atoms with Crippen LogP contribution in [0.25, 0.3) is 0 Å². The van der Waals surface area contributed by atoms with E-state index in [1.807, 2.05) is 30.3 Å². The molecule has 10 nitrogen and oxygen atoms in total. The second-order valence-corrected chi connectivity index (χ2v) is 9.50. The summed E-state index contributed by atoms with van der Waals surface area (Å²) in [5.41, 5.74) is 3.05. The highest BCUT2D eigenvalue weighted by Gasteiger charge is 2.38. The van der Waals surface area contributed by atoms with E-state index in [1.54, 1.807) is 18.2 Å². The lowest BCUT2D eigenvalue weighted by atomic mass is 9.91. The Morgan fingerprint density at radius 2 is 1.92 bits per heavy atom. The molecule has 0 radical (unpaired) electrons. The largest absolute Gasteiger partial charge is 0.481 e. The van der Waals surface area contributed by atoms with Gasteiger partial charge in [-0.1, -0.05) is 55.1 Å². The molecule has 3 aromatic rings. The molecule has 36 heavy (non-hydrogen) atoms. The van der Waals surface area contributed by atoms with Crippen LogP contribution in [0, 0.1) is 5.92 Å². The van der Waals surface area contributed by atoms with Crippen LogP contribution >= 0.6 is 11.8 Å². The van der Waals surface area contributed by atoms with E-state index in [0.717, 1.165) is 16.7 Å². The zero-order valence-electron chi connectivity index (χ0n) is 19.7. The first-order chi connectivity index (χ1) is 17.4. The third-order valence-electron chi connectivity index (χ3n) is 5.91. The average Bonchev–Trinajstić information content (AvgIpc) is 3.41. The molecule has 1 fully saturated rings. The van der Waals surface area contributed by atoms with Crippen LogP contribution in [-0.4, -0.2) is 49.1 Å². The lowest BCUT2D eigenvalue weighted by Crippen LogP contribution is -2.38. The Morgan fingerprint density at radius 3 is 2.61 bits per heavy atom. The number of carboxylic acids is 1. The fourth-order valence-electron chi connectivity index (χ4n) is 3.94. The van der Waals surface area contributed by atoms with Crippen LogP contribution in [0.2, 0.25) is 0 Å². The van der Waals surface area contributed by atoms with Gasteiger partial charge in [-0.3, -0.25) is 14.7 Å². The molecule has 190 valence electrons. The minimum absolute atomic E-state index is 0.00977. The van der Waals surface area contributed by atoms with E-state index < -0.39 is 12.3 Å². The highest BCUT2D eigenvalue weighted by atomic mass is 32.2. The second kappa shape index (κ2) is 12.1. The van der Waals surface area contributed by atoms with Gasteiger partial charge in [0.05, 0.1) is 25.2 Å². The van der Waals surface area contributed by atoms with E-state index in [0.29, 0.717) is 16.6 Å². The van der Waals surface area contributed by atoms with Crippen molar-refractivity contribution in [2.75, 3.05) is 11.1 Å². The second-order valence-electron chi connectivity index (χ2n) is 8.49.